The summed E-state index contributed by atoms with van der Waals surface area (Å²) in [6.07, 6.45) is 2.39. The molecule has 0 bridgehead atoms. The van der Waals surface area contributed by atoms with Crippen LogP contribution in [0.15, 0.2) is 29.6 Å². The molecule has 2 heterocycles. The molecule has 0 aliphatic carbocycles. The Morgan fingerprint density at radius 3 is 2.88 bits per heavy atom. The minimum absolute atomic E-state index is 0.130. The molecule has 1 aliphatic rings. The molecular weight excluding hydrogens is 342 g/mol. The SMILES string of the molecule is CC1CCN(C(=O)Cc2csc(-c3ccc(Cl)cc3)n2)C(CN)C1. The molecule has 1 amide bonds. The summed E-state index contributed by atoms with van der Waals surface area (Å²) >= 11 is 7.47. The molecule has 0 spiro atoms. The van der Waals surface area contributed by atoms with E-state index < -0.39 is 0 Å². The number of aromatic nitrogens is 1. The van der Waals surface area contributed by atoms with Crippen LogP contribution >= 0.6 is 22.9 Å². The number of nitrogens with zero attached hydrogens (tertiary/aromatic N) is 2. The average Bonchev–Trinajstić information content (AvgIpc) is 3.03. The highest BCUT2D eigenvalue weighted by atomic mass is 35.5. The fourth-order valence-electron chi connectivity index (χ4n) is 3.17. The molecule has 4 nitrogen and oxygen atoms in total. The molecule has 0 saturated carbocycles. The Morgan fingerprint density at radius 2 is 2.17 bits per heavy atom. The van der Waals surface area contributed by atoms with E-state index in [4.69, 9.17) is 17.3 Å². The lowest BCUT2D eigenvalue weighted by Crippen LogP contribution is -2.49. The van der Waals surface area contributed by atoms with Gasteiger partial charge in [-0.3, -0.25) is 4.79 Å². The highest BCUT2D eigenvalue weighted by Gasteiger charge is 2.29. The molecule has 2 unspecified atom stereocenters. The van der Waals surface area contributed by atoms with Gasteiger partial charge in [0.2, 0.25) is 5.91 Å². The van der Waals surface area contributed by atoms with Crippen molar-refractivity contribution in [3.05, 3.63) is 40.4 Å². The van der Waals surface area contributed by atoms with Crippen molar-refractivity contribution in [2.45, 2.75) is 32.2 Å². The summed E-state index contributed by atoms with van der Waals surface area (Å²) in [5, 5.41) is 3.58. The van der Waals surface area contributed by atoms with E-state index in [1.807, 2.05) is 34.5 Å². The van der Waals surface area contributed by atoms with E-state index in [9.17, 15) is 4.79 Å². The zero-order chi connectivity index (χ0) is 17.1. The summed E-state index contributed by atoms with van der Waals surface area (Å²) in [5.74, 6) is 0.767. The van der Waals surface area contributed by atoms with Crippen molar-refractivity contribution < 1.29 is 4.79 Å². The Labute approximate surface area is 151 Å². The van der Waals surface area contributed by atoms with Gasteiger partial charge in [-0.2, -0.15) is 0 Å². The van der Waals surface area contributed by atoms with Crippen LogP contribution in [0.5, 0.6) is 0 Å². The van der Waals surface area contributed by atoms with E-state index in [2.05, 4.69) is 11.9 Å². The quantitative estimate of drug-likeness (QED) is 0.902. The number of benzene rings is 1. The number of piperidine rings is 1. The normalized spacial score (nSPS) is 21.0. The van der Waals surface area contributed by atoms with Crippen LogP contribution in [0.25, 0.3) is 10.6 Å². The molecule has 1 aromatic heterocycles. The molecule has 1 aliphatic heterocycles. The molecule has 2 aromatic rings. The highest BCUT2D eigenvalue weighted by molar-refractivity contribution is 7.13. The number of carbonyl (C=O) groups excluding carboxylic acids is 1. The number of likely N-dealkylation sites (tertiary alicyclic amines) is 1. The third kappa shape index (κ3) is 3.97. The second-order valence-electron chi connectivity index (χ2n) is 6.43. The van der Waals surface area contributed by atoms with E-state index in [0.717, 1.165) is 35.7 Å². The van der Waals surface area contributed by atoms with Gasteiger partial charge < -0.3 is 10.6 Å². The minimum atomic E-state index is 0.130. The molecule has 1 aromatic carbocycles. The van der Waals surface area contributed by atoms with Crippen molar-refractivity contribution in [3.8, 4) is 10.6 Å². The molecule has 6 heteroatoms. The summed E-state index contributed by atoms with van der Waals surface area (Å²) in [4.78, 5) is 19.2. The van der Waals surface area contributed by atoms with Crippen molar-refractivity contribution in [2.75, 3.05) is 13.1 Å². The third-order valence-corrected chi connectivity index (χ3v) is 5.74. The van der Waals surface area contributed by atoms with E-state index in [-0.39, 0.29) is 11.9 Å². The van der Waals surface area contributed by atoms with Crippen molar-refractivity contribution in [3.63, 3.8) is 0 Å². The van der Waals surface area contributed by atoms with Crippen LogP contribution in [0.2, 0.25) is 5.02 Å². The first kappa shape index (κ1) is 17.4. The van der Waals surface area contributed by atoms with Gasteiger partial charge in [-0.05, 0) is 30.9 Å². The number of amides is 1. The average molecular weight is 364 g/mol. The zero-order valence-electron chi connectivity index (χ0n) is 13.7. The zero-order valence-corrected chi connectivity index (χ0v) is 15.3. The van der Waals surface area contributed by atoms with Crippen molar-refractivity contribution in [2.24, 2.45) is 11.7 Å². The van der Waals surface area contributed by atoms with Gasteiger partial charge in [-0.15, -0.1) is 11.3 Å². The first-order valence-corrected chi connectivity index (χ1v) is 9.52. The van der Waals surface area contributed by atoms with Crippen LogP contribution in [0.1, 0.15) is 25.5 Å². The Balaban J connectivity index is 1.68. The maximum atomic E-state index is 12.7. The summed E-state index contributed by atoms with van der Waals surface area (Å²) in [5.41, 5.74) is 7.71. The van der Waals surface area contributed by atoms with E-state index in [0.29, 0.717) is 23.9 Å². The number of nitrogens with two attached hydrogens (primary N) is 1. The first-order valence-electron chi connectivity index (χ1n) is 8.26. The fraction of sp³-hybridized carbons (Fsp3) is 0.444. The second-order valence-corrected chi connectivity index (χ2v) is 7.73. The number of hydrogen-bond acceptors (Lipinski definition) is 4. The molecule has 2 N–H and O–H groups in total. The third-order valence-electron chi connectivity index (χ3n) is 4.55. The molecule has 2 atom stereocenters. The number of carbonyl (C=O) groups is 1. The Hall–Kier alpha value is -1.43. The van der Waals surface area contributed by atoms with Crippen LogP contribution in [0.3, 0.4) is 0 Å². The van der Waals surface area contributed by atoms with E-state index >= 15 is 0 Å². The lowest BCUT2D eigenvalue weighted by atomic mass is 9.92. The van der Waals surface area contributed by atoms with Crippen LogP contribution in [-0.4, -0.2) is 34.9 Å². The summed E-state index contributed by atoms with van der Waals surface area (Å²) < 4.78 is 0. The molecule has 0 radical (unpaired) electrons. The predicted molar refractivity (Wildman–Crippen MR) is 99.2 cm³/mol. The van der Waals surface area contributed by atoms with Crippen LogP contribution in [0.4, 0.5) is 0 Å². The van der Waals surface area contributed by atoms with Gasteiger partial charge in [-0.25, -0.2) is 4.98 Å². The van der Waals surface area contributed by atoms with Crippen LogP contribution in [-0.2, 0) is 11.2 Å². The van der Waals surface area contributed by atoms with Gasteiger partial charge >= 0.3 is 0 Å². The van der Waals surface area contributed by atoms with Crippen molar-refractivity contribution >= 4 is 28.8 Å². The van der Waals surface area contributed by atoms with Gasteiger partial charge in [0.05, 0.1) is 12.1 Å². The van der Waals surface area contributed by atoms with Gasteiger partial charge in [0.1, 0.15) is 5.01 Å². The first-order chi connectivity index (χ1) is 11.6. The summed E-state index contributed by atoms with van der Waals surface area (Å²) in [6, 6.07) is 7.76. The smallest absolute Gasteiger partial charge is 0.228 e. The lowest BCUT2D eigenvalue weighted by molar-refractivity contribution is -0.134. The van der Waals surface area contributed by atoms with E-state index in [1.165, 1.54) is 0 Å². The second kappa shape index (κ2) is 7.64. The fourth-order valence-corrected chi connectivity index (χ4v) is 4.12. The lowest BCUT2D eigenvalue weighted by Gasteiger charge is -2.38. The predicted octanol–water partition coefficient (Wildman–Crippen LogP) is 3.59. The Bertz CT molecular complexity index is 701. The molecule has 1 fully saturated rings. The molecule has 24 heavy (non-hydrogen) atoms. The van der Waals surface area contributed by atoms with Gasteiger partial charge in [0.25, 0.3) is 0 Å². The molecule has 3 rings (SSSR count). The largest absolute Gasteiger partial charge is 0.338 e. The number of thiazole rings is 1. The molecule has 1 saturated heterocycles. The topological polar surface area (TPSA) is 59.2 Å². The Morgan fingerprint density at radius 1 is 1.42 bits per heavy atom. The number of rotatable bonds is 4. The number of halogens is 1. The maximum absolute atomic E-state index is 12.7. The summed E-state index contributed by atoms with van der Waals surface area (Å²) in [7, 11) is 0. The highest BCUT2D eigenvalue weighted by Crippen LogP contribution is 2.26. The van der Waals surface area contributed by atoms with Crippen molar-refractivity contribution in [1.82, 2.24) is 9.88 Å². The van der Waals surface area contributed by atoms with Crippen LogP contribution < -0.4 is 5.73 Å². The summed E-state index contributed by atoms with van der Waals surface area (Å²) in [6.45, 7) is 3.56. The molecule has 128 valence electrons. The maximum Gasteiger partial charge on any atom is 0.228 e. The van der Waals surface area contributed by atoms with Gasteiger partial charge in [0.15, 0.2) is 0 Å². The monoisotopic (exact) mass is 363 g/mol. The van der Waals surface area contributed by atoms with E-state index in [1.54, 1.807) is 11.3 Å². The Kier molecular flexibility index (Phi) is 5.54. The number of hydrogen-bond donors (Lipinski definition) is 1. The van der Waals surface area contributed by atoms with Crippen molar-refractivity contribution in [1.29, 1.82) is 0 Å². The molecular formula is C18H22ClN3OS. The van der Waals surface area contributed by atoms with Gasteiger partial charge in [0, 0.05) is 35.1 Å². The van der Waals surface area contributed by atoms with Crippen LogP contribution in [0, 0.1) is 5.92 Å². The standard InChI is InChI=1S/C18H22ClN3OS/c1-12-6-7-22(16(8-12)10-20)17(23)9-15-11-24-18(21-15)13-2-4-14(19)5-3-13/h2-5,11-12,16H,6-10,20H2,1H3. The minimum Gasteiger partial charge on any atom is -0.338 e. The van der Waals surface area contributed by atoms with Gasteiger partial charge in [-0.1, -0.05) is 30.7 Å².